The highest BCUT2D eigenvalue weighted by molar-refractivity contribution is 7.91. The zero-order valence-electron chi connectivity index (χ0n) is 14.4. The second-order valence-corrected chi connectivity index (χ2v) is 11.6. The Labute approximate surface area is 158 Å². The molecule has 0 saturated carbocycles. The molecule has 1 atom stereocenters. The third-order valence-corrected chi connectivity index (χ3v) is 8.93. The summed E-state index contributed by atoms with van der Waals surface area (Å²) in [6.45, 7) is 2.58. The Balaban J connectivity index is 1.87. The summed E-state index contributed by atoms with van der Waals surface area (Å²) in [6, 6.07) is 4.03. The molecule has 2 aliphatic heterocycles. The molecule has 3 rings (SSSR count). The van der Waals surface area contributed by atoms with Crippen LogP contribution in [0.1, 0.15) is 36.5 Å². The monoisotopic (exact) mass is 420 g/mol. The van der Waals surface area contributed by atoms with Gasteiger partial charge in [0.15, 0.2) is 9.84 Å². The van der Waals surface area contributed by atoms with Crippen molar-refractivity contribution in [1.29, 1.82) is 0 Å². The number of nitrogens with one attached hydrogen (secondary N) is 1. The topological polar surface area (TPSA) is 101 Å². The molecule has 2 aliphatic rings. The van der Waals surface area contributed by atoms with E-state index < -0.39 is 31.3 Å². The van der Waals surface area contributed by atoms with Gasteiger partial charge in [0.25, 0.3) is 5.91 Å². The van der Waals surface area contributed by atoms with Crippen LogP contribution in [0.25, 0.3) is 0 Å². The van der Waals surface area contributed by atoms with Gasteiger partial charge in [0.2, 0.25) is 10.0 Å². The van der Waals surface area contributed by atoms with E-state index in [1.807, 2.05) is 0 Å². The van der Waals surface area contributed by atoms with Gasteiger partial charge in [0.1, 0.15) is 0 Å². The number of carbonyl (C=O) groups excluding carboxylic acids is 1. The lowest BCUT2D eigenvalue weighted by Gasteiger charge is -2.24. The van der Waals surface area contributed by atoms with Crippen LogP contribution in [0.4, 0.5) is 0 Å². The van der Waals surface area contributed by atoms with Gasteiger partial charge in [-0.1, -0.05) is 11.6 Å². The molecule has 144 valence electrons. The summed E-state index contributed by atoms with van der Waals surface area (Å²) in [5, 5.41) is 2.82. The van der Waals surface area contributed by atoms with Gasteiger partial charge in [-0.2, -0.15) is 4.31 Å². The maximum Gasteiger partial charge on any atom is 0.253 e. The van der Waals surface area contributed by atoms with Crippen LogP contribution in [0.5, 0.6) is 0 Å². The fraction of sp³-hybridized carbons (Fsp3) is 0.562. The zero-order chi connectivity index (χ0) is 19.2. The lowest BCUT2D eigenvalue weighted by atomic mass is 10.0. The first-order valence-corrected chi connectivity index (χ1v) is 12.0. The fourth-order valence-corrected chi connectivity index (χ4v) is 7.21. The standard InChI is InChI=1S/C16H21ClN2O5S2/c1-16(6-9-25(21,22)11-16)18-15(20)13-10-12(4-5-14(13)17)26(23,24)19-7-2-3-8-19/h4-5,10H,2-3,6-9,11H2,1H3,(H,18,20). The fourth-order valence-electron chi connectivity index (χ4n) is 3.37. The first-order chi connectivity index (χ1) is 12.0. The molecule has 2 saturated heterocycles. The van der Waals surface area contributed by atoms with Crippen molar-refractivity contribution in [1.82, 2.24) is 9.62 Å². The van der Waals surface area contributed by atoms with Crippen LogP contribution in [0.3, 0.4) is 0 Å². The van der Waals surface area contributed by atoms with Crippen LogP contribution in [-0.2, 0) is 19.9 Å². The van der Waals surface area contributed by atoms with Gasteiger partial charge in [-0.15, -0.1) is 0 Å². The number of sulfone groups is 1. The van der Waals surface area contributed by atoms with E-state index in [0.717, 1.165) is 12.8 Å². The number of hydrogen-bond acceptors (Lipinski definition) is 5. The Morgan fingerprint density at radius 3 is 2.50 bits per heavy atom. The maximum atomic E-state index is 12.7. The summed E-state index contributed by atoms with van der Waals surface area (Å²) in [6.07, 6.45) is 1.93. The van der Waals surface area contributed by atoms with Crippen molar-refractivity contribution in [3.8, 4) is 0 Å². The van der Waals surface area contributed by atoms with E-state index >= 15 is 0 Å². The molecule has 1 N–H and O–H groups in total. The second kappa shape index (κ2) is 6.78. The van der Waals surface area contributed by atoms with Crippen LogP contribution >= 0.6 is 11.6 Å². The smallest absolute Gasteiger partial charge is 0.253 e. The molecular formula is C16H21ClN2O5S2. The van der Waals surface area contributed by atoms with Crippen molar-refractivity contribution >= 4 is 37.4 Å². The molecule has 0 aromatic heterocycles. The minimum Gasteiger partial charge on any atom is -0.346 e. The van der Waals surface area contributed by atoms with Gasteiger partial charge in [-0.05, 0) is 44.4 Å². The quantitative estimate of drug-likeness (QED) is 0.794. The van der Waals surface area contributed by atoms with Crippen molar-refractivity contribution in [3.05, 3.63) is 28.8 Å². The molecule has 1 unspecified atom stereocenters. The van der Waals surface area contributed by atoms with Crippen LogP contribution in [-0.4, -0.2) is 57.2 Å². The molecule has 7 nitrogen and oxygen atoms in total. The van der Waals surface area contributed by atoms with Crippen LogP contribution < -0.4 is 5.32 Å². The number of carbonyl (C=O) groups is 1. The highest BCUT2D eigenvalue weighted by Gasteiger charge is 2.40. The van der Waals surface area contributed by atoms with Gasteiger partial charge >= 0.3 is 0 Å². The Hall–Kier alpha value is -1.16. The van der Waals surface area contributed by atoms with Crippen LogP contribution in [0.2, 0.25) is 5.02 Å². The van der Waals surface area contributed by atoms with Gasteiger partial charge in [0.05, 0.1) is 32.5 Å². The van der Waals surface area contributed by atoms with Gasteiger partial charge in [-0.25, -0.2) is 16.8 Å². The molecule has 26 heavy (non-hydrogen) atoms. The van der Waals surface area contributed by atoms with Crippen molar-refractivity contribution in [3.63, 3.8) is 0 Å². The van der Waals surface area contributed by atoms with Gasteiger partial charge < -0.3 is 5.32 Å². The minimum absolute atomic E-state index is 0.0122. The molecule has 0 radical (unpaired) electrons. The first kappa shape index (κ1) is 19.6. The highest BCUT2D eigenvalue weighted by Crippen LogP contribution is 2.27. The van der Waals surface area contributed by atoms with E-state index in [4.69, 9.17) is 11.6 Å². The molecule has 1 aromatic carbocycles. The second-order valence-electron chi connectivity index (χ2n) is 7.11. The summed E-state index contributed by atoms with van der Waals surface area (Å²) in [5.74, 6) is -0.705. The van der Waals surface area contributed by atoms with Crippen molar-refractivity contribution in [2.24, 2.45) is 0 Å². The molecule has 2 heterocycles. The lowest BCUT2D eigenvalue weighted by molar-refractivity contribution is 0.0915. The number of sulfonamides is 1. The average Bonchev–Trinajstić information content (AvgIpc) is 3.16. The number of hydrogen-bond donors (Lipinski definition) is 1. The minimum atomic E-state index is -3.67. The molecule has 1 aromatic rings. The lowest BCUT2D eigenvalue weighted by Crippen LogP contribution is -2.47. The zero-order valence-corrected chi connectivity index (χ0v) is 16.8. The van der Waals surface area contributed by atoms with Crippen molar-refractivity contribution in [2.45, 2.75) is 36.6 Å². The van der Waals surface area contributed by atoms with E-state index in [1.165, 1.54) is 22.5 Å². The molecular weight excluding hydrogens is 400 g/mol. The summed E-state index contributed by atoms with van der Waals surface area (Å²) >= 11 is 6.10. The summed E-state index contributed by atoms with van der Waals surface area (Å²) in [4.78, 5) is 12.7. The Morgan fingerprint density at radius 1 is 1.27 bits per heavy atom. The molecule has 0 aliphatic carbocycles. The van der Waals surface area contributed by atoms with E-state index in [9.17, 15) is 21.6 Å². The first-order valence-electron chi connectivity index (χ1n) is 8.35. The van der Waals surface area contributed by atoms with Gasteiger partial charge in [-0.3, -0.25) is 4.79 Å². The largest absolute Gasteiger partial charge is 0.346 e. The molecule has 0 bridgehead atoms. The number of rotatable bonds is 4. The van der Waals surface area contributed by atoms with Gasteiger partial charge in [0, 0.05) is 13.1 Å². The molecule has 1 amide bonds. The predicted octanol–water partition coefficient (Wildman–Crippen LogP) is 1.43. The Kier molecular flexibility index (Phi) is 5.11. The summed E-state index contributed by atoms with van der Waals surface area (Å²) < 4.78 is 50.2. The third kappa shape index (κ3) is 3.90. The van der Waals surface area contributed by atoms with Crippen LogP contribution in [0, 0.1) is 0 Å². The van der Waals surface area contributed by atoms with E-state index in [2.05, 4.69) is 5.32 Å². The van der Waals surface area contributed by atoms with E-state index in [1.54, 1.807) is 6.92 Å². The normalized spacial score (nSPS) is 26.1. The SMILES string of the molecule is CC1(NC(=O)c2cc(S(=O)(=O)N3CCCC3)ccc2Cl)CCS(=O)(=O)C1. The third-order valence-electron chi connectivity index (χ3n) is 4.80. The summed E-state index contributed by atoms with van der Waals surface area (Å²) in [5.41, 5.74) is -0.860. The molecule has 2 fully saturated rings. The highest BCUT2D eigenvalue weighted by atomic mass is 35.5. The number of nitrogens with zero attached hydrogens (tertiary/aromatic N) is 1. The van der Waals surface area contributed by atoms with Crippen molar-refractivity contribution < 1.29 is 21.6 Å². The predicted molar refractivity (Wildman–Crippen MR) is 98.6 cm³/mol. The molecule has 10 heteroatoms. The van der Waals surface area contributed by atoms with E-state index in [0.29, 0.717) is 19.5 Å². The number of amides is 1. The Bertz CT molecular complexity index is 939. The average molecular weight is 421 g/mol. The Morgan fingerprint density at radius 2 is 1.92 bits per heavy atom. The number of benzene rings is 1. The molecule has 0 spiro atoms. The van der Waals surface area contributed by atoms with Crippen LogP contribution in [0.15, 0.2) is 23.1 Å². The number of halogens is 1. The van der Waals surface area contributed by atoms with E-state index in [-0.39, 0.29) is 27.0 Å². The maximum absolute atomic E-state index is 12.7. The van der Waals surface area contributed by atoms with Crippen molar-refractivity contribution in [2.75, 3.05) is 24.6 Å². The summed E-state index contributed by atoms with van der Waals surface area (Å²) in [7, 11) is -6.86.